The number of hydrogen-bond donors (Lipinski definition) is 1. The molecule has 0 aliphatic heterocycles. The van der Waals surface area contributed by atoms with Crippen molar-refractivity contribution >= 4 is 11.6 Å². The topological polar surface area (TPSA) is 90.7 Å². The normalized spacial score (nSPS) is 12.2. The van der Waals surface area contributed by atoms with E-state index in [1.165, 1.54) is 30.9 Å². The first kappa shape index (κ1) is 21.2. The highest BCUT2D eigenvalue weighted by atomic mass is 16.6. The van der Waals surface area contributed by atoms with Crippen molar-refractivity contribution in [2.75, 3.05) is 13.7 Å². The van der Waals surface area contributed by atoms with Crippen LogP contribution in [0.1, 0.15) is 44.9 Å². The summed E-state index contributed by atoms with van der Waals surface area (Å²) in [7, 11) is 1.34. The van der Waals surface area contributed by atoms with Crippen molar-refractivity contribution in [3.05, 3.63) is 63.7 Å². The molecule has 0 bridgehead atoms. The Morgan fingerprint density at radius 1 is 1.18 bits per heavy atom. The second-order valence-corrected chi connectivity index (χ2v) is 7.54. The molecule has 1 amide bonds. The van der Waals surface area contributed by atoms with Crippen LogP contribution < -0.4 is 14.8 Å². The molecule has 0 spiro atoms. The van der Waals surface area contributed by atoms with E-state index in [4.69, 9.17) is 9.47 Å². The van der Waals surface area contributed by atoms with Crippen molar-refractivity contribution in [2.24, 2.45) is 0 Å². The largest absolute Gasteiger partial charge is 0.490 e. The van der Waals surface area contributed by atoms with Crippen LogP contribution in [0.2, 0.25) is 0 Å². The minimum absolute atomic E-state index is 0.0741. The average Bonchev–Trinajstić information content (AvgIpc) is 2.65. The van der Waals surface area contributed by atoms with Crippen LogP contribution >= 0.6 is 0 Å². The number of benzene rings is 2. The predicted molar refractivity (Wildman–Crippen MR) is 107 cm³/mol. The van der Waals surface area contributed by atoms with E-state index in [9.17, 15) is 14.9 Å². The smallest absolute Gasteiger partial charge is 0.311 e. The lowest BCUT2D eigenvalue weighted by Gasteiger charge is -2.20. The molecule has 0 fully saturated rings. The number of methoxy groups -OCH3 is 1. The zero-order valence-electron chi connectivity index (χ0n) is 16.8. The third kappa shape index (κ3) is 5.45. The van der Waals surface area contributed by atoms with Crippen molar-refractivity contribution < 1.29 is 19.2 Å². The minimum Gasteiger partial charge on any atom is -0.490 e. The predicted octanol–water partition coefficient (Wildman–Crippen LogP) is 4.16. The molecular formula is C21H26N2O5. The molecule has 150 valence electrons. The number of nitro benzene ring substituents is 1. The molecule has 1 atom stereocenters. The van der Waals surface area contributed by atoms with Gasteiger partial charge in [-0.3, -0.25) is 14.9 Å². The van der Waals surface area contributed by atoms with Gasteiger partial charge in [0.15, 0.2) is 6.61 Å². The van der Waals surface area contributed by atoms with E-state index in [1.54, 1.807) is 0 Å². The molecule has 28 heavy (non-hydrogen) atoms. The van der Waals surface area contributed by atoms with Gasteiger partial charge in [0.2, 0.25) is 5.75 Å². The maximum atomic E-state index is 12.2. The second-order valence-electron chi connectivity index (χ2n) is 7.54. The van der Waals surface area contributed by atoms with E-state index in [1.807, 2.05) is 19.1 Å². The summed E-state index contributed by atoms with van der Waals surface area (Å²) in [6.07, 6.45) is 0. The van der Waals surface area contributed by atoms with Crippen LogP contribution in [0.15, 0.2) is 42.5 Å². The summed E-state index contributed by atoms with van der Waals surface area (Å²) < 4.78 is 10.4. The van der Waals surface area contributed by atoms with E-state index in [-0.39, 0.29) is 35.4 Å². The van der Waals surface area contributed by atoms with Gasteiger partial charge in [0, 0.05) is 12.1 Å². The van der Waals surface area contributed by atoms with Crippen molar-refractivity contribution in [2.45, 2.75) is 39.2 Å². The van der Waals surface area contributed by atoms with Crippen LogP contribution in [-0.4, -0.2) is 24.5 Å². The summed E-state index contributed by atoms with van der Waals surface area (Å²) in [4.78, 5) is 22.6. The highest BCUT2D eigenvalue weighted by Gasteiger charge is 2.17. The van der Waals surface area contributed by atoms with Crippen LogP contribution in [-0.2, 0) is 10.2 Å². The molecule has 0 saturated carbocycles. The number of rotatable bonds is 7. The summed E-state index contributed by atoms with van der Waals surface area (Å²) >= 11 is 0. The molecule has 1 N–H and O–H groups in total. The van der Waals surface area contributed by atoms with E-state index >= 15 is 0 Å². The van der Waals surface area contributed by atoms with Gasteiger partial charge >= 0.3 is 5.69 Å². The maximum absolute atomic E-state index is 12.2. The standard InChI is InChI=1S/C21H26N2O5/c1-14(15-6-8-16(9-7-15)21(2,3)4)22-20(24)13-28-17-10-11-18(23(25)26)19(12-17)27-5/h6-12,14H,13H2,1-5H3,(H,22,24)/t14-/m1/s1. The van der Waals surface area contributed by atoms with Crippen LogP contribution in [0.5, 0.6) is 11.5 Å². The van der Waals surface area contributed by atoms with Crippen molar-refractivity contribution in [1.29, 1.82) is 0 Å². The molecule has 0 heterocycles. The zero-order chi connectivity index (χ0) is 20.9. The molecule has 7 heteroatoms. The number of hydrogen-bond acceptors (Lipinski definition) is 5. The Hall–Kier alpha value is -3.09. The van der Waals surface area contributed by atoms with Crippen LogP contribution in [0.25, 0.3) is 0 Å². The number of amides is 1. The first-order valence-corrected chi connectivity index (χ1v) is 8.97. The number of nitrogens with one attached hydrogen (secondary N) is 1. The Balaban J connectivity index is 1.94. The maximum Gasteiger partial charge on any atom is 0.311 e. The Kier molecular flexibility index (Phi) is 6.62. The number of nitro groups is 1. The molecule has 2 aromatic carbocycles. The van der Waals surface area contributed by atoms with E-state index in [2.05, 4.69) is 38.2 Å². The van der Waals surface area contributed by atoms with Gasteiger partial charge in [0.25, 0.3) is 5.91 Å². The average molecular weight is 386 g/mol. The van der Waals surface area contributed by atoms with E-state index in [0.717, 1.165) is 5.56 Å². The third-order valence-corrected chi connectivity index (χ3v) is 4.37. The Labute approximate surface area is 164 Å². The number of carbonyl (C=O) groups excluding carboxylic acids is 1. The number of ether oxygens (including phenoxy) is 2. The monoisotopic (exact) mass is 386 g/mol. The quantitative estimate of drug-likeness (QED) is 0.570. The Morgan fingerprint density at radius 3 is 2.36 bits per heavy atom. The Morgan fingerprint density at radius 2 is 1.82 bits per heavy atom. The van der Waals surface area contributed by atoms with Crippen LogP contribution in [0, 0.1) is 10.1 Å². The minimum atomic E-state index is -0.540. The van der Waals surface area contributed by atoms with Gasteiger partial charge < -0.3 is 14.8 Å². The zero-order valence-corrected chi connectivity index (χ0v) is 16.8. The highest BCUT2D eigenvalue weighted by molar-refractivity contribution is 5.78. The van der Waals surface area contributed by atoms with E-state index < -0.39 is 4.92 Å². The SMILES string of the molecule is COc1cc(OCC(=O)N[C@H](C)c2ccc(C(C)(C)C)cc2)ccc1[N+](=O)[O-]. The van der Waals surface area contributed by atoms with Crippen LogP contribution in [0.4, 0.5) is 5.69 Å². The van der Waals surface area contributed by atoms with Gasteiger partial charge in [0.1, 0.15) is 5.75 Å². The van der Waals surface area contributed by atoms with Gasteiger partial charge in [0.05, 0.1) is 18.1 Å². The van der Waals surface area contributed by atoms with Gasteiger partial charge in [-0.25, -0.2) is 0 Å². The van der Waals surface area contributed by atoms with Crippen LogP contribution in [0.3, 0.4) is 0 Å². The molecule has 2 aromatic rings. The van der Waals surface area contributed by atoms with E-state index in [0.29, 0.717) is 5.75 Å². The van der Waals surface area contributed by atoms with Crippen molar-refractivity contribution in [3.63, 3.8) is 0 Å². The second kappa shape index (κ2) is 8.73. The fraction of sp³-hybridized carbons (Fsp3) is 0.381. The molecule has 0 saturated heterocycles. The number of carbonyl (C=O) groups is 1. The molecule has 2 rings (SSSR count). The molecule has 0 aliphatic rings. The number of nitrogens with zero attached hydrogens (tertiary/aromatic N) is 1. The molecule has 0 aliphatic carbocycles. The summed E-state index contributed by atoms with van der Waals surface area (Å²) in [5.41, 5.74) is 2.14. The molecule has 0 aromatic heterocycles. The molecular weight excluding hydrogens is 360 g/mol. The van der Waals surface area contributed by atoms with Gasteiger partial charge in [-0.2, -0.15) is 0 Å². The summed E-state index contributed by atoms with van der Waals surface area (Å²) in [5, 5.41) is 13.8. The van der Waals surface area contributed by atoms with Gasteiger partial charge in [-0.05, 0) is 29.5 Å². The lowest BCUT2D eigenvalue weighted by Crippen LogP contribution is -2.31. The Bertz CT molecular complexity index is 841. The summed E-state index contributed by atoms with van der Waals surface area (Å²) in [6, 6.07) is 12.1. The summed E-state index contributed by atoms with van der Waals surface area (Å²) in [5.74, 6) is 0.111. The summed E-state index contributed by atoms with van der Waals surface area (Å²) in [6.45, 7) is 8.15. The van der Waals surface area contributed by atoms with Gasteiger partial charge in [-0.15, -0.1) is 0 Å². The first-order valence-electron chi connectivity index (χ1n) is 8.97. The lowest BCUT2D eigenvalue weighted by molar-refractivity contribution is -0.385. The van der Waals surface area contributed by atoms with Crippen molar-refractivity contribution in [3.8, 4) is 11.5 Å². The first-order chi connectivity index (χ1) is 13.1. The fourth-order valence-electron chi connectivity index (χ4n) is 2.69. The lowest BCUT2D eigenvalue weighted by atomic mass is 9.86. The van der Waals surface area contributed by atoms with Gasteiger partial charge in [-0.1, -0.05) is 45.0 Å². The molecule has 0 unspecified atom stereocenters. The fourth-order valence-corrected chi connectivity index (χ4v) is 2.69. The highest BCUT2D eigenvalue weighted by Crippen LogP contribution is 2.30. The molecule has 0 radical (unpaired) electrons. The third-order valence-electron chi connectivity index (χ3n) is 4.37. The van der Waals surface area contributed by atoms with Crippen molar-refractivity contribution in [1.82, 2.24) is 5.32 Å². The molecule has 7 nitrogen and oxygen atoms in total.